The fourth-order valence-corrected chi connectivity index (χ4v) is 10.6. The third-order valence-corrected chi connectivity index (χ3v) is 14.2. The van der Waals surface area contributed by atoms with E-state index in [1.54, 1.807) is 0 Å². The lowest BCUT2D eigenvalue weighted by atomic mass is 9.70. The van der Waals surface area contributed by atoms with E-state index < -0.39 is 0 Å². The topological polar surface area (TPSA) is 6.48 Å². The molecular formula is C60H66N2. The minimum atomic E-state index is 0.00212. The van der Waals surface area contributed by atoms with E-state index in [0.29, 0.717) is 5.92 Å². The predicted octanol–water partition coefficient (Wildman–Crippen LogP) is 17.7. The van der Waals surface area contributed by atoms with E-state index in [4.69, 9.17) is 0 Å². The van der Waals surface area contributed by atoms with Crippen molar-refractivity contribution in [2.24, 2.45) is 0 Å². The maximum Gasteiger partial charge on any atom is 0.0543 e. The van der Waals surface area contributed by atoms with Crippen LogP contribution in [0.1, 0.15) is 132 Å². The molecule has 0 fully saturated rings. The minimum absolute atomic E-state index is 0.00212. The molecule has 0 unspecified atom stereocenters. The van der Waals surface area contributed by atoms with Gasteiger partial charge in [0.25, 0.3) is 0 Å². The average molecular weight is 815 g/mol. The molecule has 0 spiro atoms. The summed E-state index contributed by atoms with van der Waals surface area (Å²) in [6, 6.07) is 44.9. The van der Waals surface area contributed by atoms with Crippen molar-refractivity contribution in [2.75, 3.05) is 9.80 Å². The summed E-state index contributed by atoms with van der Waals surface area (Å²) >= 11 is 0. The van der Waals surface area contributed by atoms with E-state index in [-0.39, 0.29) is 16.2 Å². The van der Waals surface area contributed by atoms with Gasteiger partial charge >= 0.3 is 0 Å². The van der Waals surface area contributed by atoms with Gasteiger partial charge in [0.2, 0.25) is 0 Å². The highest BCUT2D eigenvalue weighted by molar-refractivity contribution is 6.30. The molecule has 0 saturated heterocycles. The van der Waals surface area contributed by atoms with Gasteiger partial charge in [-0.3, -0.25) is 0 Å². The first kappa shape index (κ1) is 41.7. The first-order valence-corrected chi connectivity index (χ1v) is 23.0. The zero-order valence-corrected chi connectivity index (χ0v) is 39.9. The van der Waals surface area contributed by atoms with Crippen molar-refractivity contribution in [1.29, 1.82) is 0 Å². The maximum absolute atomic E-state index is 2.62. The van der Waals surface area contributed by atoms with Crippen LogP contribution in [0.4, 0.5) is 34.1 Å². The Balaban J connectivity index is 1.45. The lowest BCUT2D eigenvalue weighted by Crippen LogP contribution is -2.24. The van der Waals surface area contributed by atoms with Crippen LogP contribution in [-0.2, 0) is 22.7 Å². The van der Waals surface area contributed by atoms with Crippen LogP contribution in [0, 0.1) is 27.7 Å². The first-order valence-electron chi connectivity index (χ1n) is 23.0. The standard InChI is InChI=1S/C60H66N2/c1-36(2)48-35-52(62(57-39(5)19-16-20-40(57)6)45-27-23-43(24-28-45)59(10,11)12)49-34-50-53-41(31-32-60(50,13)14)33-51(47-30-29-46(48)54(49)55(47)53)61(56-37(3)17-15-18-38(56)4)44-25-21-42(22-26-44)58(7,8)9/h15-30,33-36H,31-32H2,1-14H3. The Morgan fingerprint density at radius 2 is 0.952 bits per heavy atom. The summed E-state index contributed by atoms with van der Waals surface area (Å²) in [7, 11) is 0. The smallest absolute Gasteiger partial charge is 0.0543 e. The normalized spacial score (nSPS) is 14.1. The molecule has 2 nitrogen and oxygen atoms in total. The Hall–Kier alpha value is -5.60. The summed E-state index contributed by atoms with van der Waals surface area (Å²) in [5, 5.41) is 8.25. The molecule has 1 aliphatic rings. The van der Waals surface area contributed by atoms with Crippen LogP contribution in [0.25, 0.3) is 32.3 Å². The van der Waals surface area contributed by atoms with Gasteiger partial charge in [-0.15, -0.1) is 0 Å². The lowest BCUT2D eigenvalue weighted by molar-refractivity contribution is 0.475. The van der Waals surface area contributed by atoms with Gasteiger partial charge in [-0.1, -0.05) is 142 Å². The molecule has 0 bridgehead atoms. The number of hydrogen-bond acceptors (Lipinski definition) is 2. The fraction of sp³-hybridized carbons (Fsp3) is 0.333. The molecule has 8 aromatic rings. The SMILES string of the molecule is Cc1cccc(C)c1N(c1ccc(C(C)(C)C)cc1)c1cc(C(C)C)c2ccc3c(N(c4ccc(C(C)(C)C)cc4)c4c(C)cccc4C)cc4c5c(cc1c2c35)C(C)(C)CC4. The quantitative estimate of drug-likeness (QED) is 0.148. The number of aryl methyl sites for hydroxylation is 5. The number of para-hydroxylation sites is 2. The maximum atomic E-state index is 2.62. The number of anilines is 6. The van der Waals surface area contributed by atoms with Crippen LogP contribution >= 0.6 is 0 Å². The van der Waals surface area contributed by atoms with Crippen molar-refractivity contribution >= 4 is 66.4 Å². The summed E-state index contributed by atoms with van der Waals surface area (Å²) in [5.74, 6) is 0.316. The van der Waals surface area contributed by atoms with Crippen LogP contribution in [0.5, 0.6) is 0 Å². The van der Waals surface area contributed by atoms with Crippen LogP contribution < -0.4 is 9.80 Å². The highest BCUT2D eigenvalue weighted by Crippen LogP contribution is 2.55. The molecule has 2 heteroatoms. The molecule has 0 N–H and O–H groups in total. The van der Waals surface area contributed by atoms with Gasteiger partial charge in [0, 0.05) is 27.5 Å². The number of nitrogens with zero attached hydrogens (tertiary/aromatic N) is 2. The monoisotopic (exact) mass is 815 g/mol. The van der Waals surface area contributed by atoms with E-state index in [1.165, 1.54) is 117 Å². The lowest BCUT2D eigenvalue weighted by Gasteiger charge is -2.38. The molecule has 62 heavy (non-hydrogen) atoms. The fourth-order valence-electron chi connectivity index (χ4n) is 10.6. The molecule has 0 atom stereocenters. The molecule has 0 heterocycles. The third-order valence-electron chi connectivity index (χ3n) is 14.2. The molecule has 0 aromatic heterocycles. The summed E-state index contributed by atoms with van der Waals surface area (Å²) in [6.45, 7) is 32.6. The Bertz CT molecular complexity index is 2960. The largest absolute Gasteiger partial charge is 0.309 e. The van der Waals surface area contributed by atoms with Crippen LogP contribution in [0.2, 0.25) is 0 Å². The molecule has 9 rings (SSSR count). The molecular weight excluding hydrogens is 749 g/mol. The van der Waals surface area contributed by atoms with Gasteiger partial charge in [-0.05, 0) is 171 Å². The van der Waals surface area contributed by atoms with Crippen LogP contribution in [0.3, 0.4) is 0 Å². The minimum Gasteiger partial charge on any atom is -0.309 e. The molecule has 0 radical (unpaired) electrons. The number of hydrogen-bond donors (Lipinski definition) is 0. The van der Waals surface area contributed by atoms with Gasteiger partial charge in [0.15, 0.2) is 0 Å². The summed E-state index contributed by atoms with van der Waals surface area (Å²) in [4.78, 5) is 5.18. The van der Waals surface area contributed by atoms with Gasteiger partial charge in [-0.2, -0.15) is 0 Å². The summed E-state index contributed by atoms with van der Waals surface area (Å²) < 4.78 is 0. The van der Waals surface area contributed by atoms with E-state index >= 15 is 0 Å². The molecule has 1 aliphatic carbocycles. The van der Waals surface area contributed by atoms with Gasteiger partial charge < -0.3 is 9.80 Å². The van der Waals surface area contributed by atoms with E-state index in [9.17, 15) is 0 Å². The number of benzene rings is 8. The Morgan fingerprint density at radius 1 is 0.500 bits per heavy atom. The van der Waals surface area contributed by atoms with Crippen molar-refractivity contribution in [1.82, 2.24) is 0 Å². The molecule has 0 amide bonds. The zero-order chi connectivity index (χ0) is 44.2. The third kappa shape index (κ3) is 6.77. The highest BCUT2D eigenvalue weighted by atomic mass is 15.2. The van der Waals surface area contributed by atoms with Crippen LogP contribution in [-0.4, -0.2) is 0 Å². The summed E-state index contributed by atoms with van der Waals surface area (Å²) in [6.07, 6.45) is 2.14. The van der Waals surface area contributed by atoms with E-state index in [2.05, 4.69) is 222 Å². The first-order chi connectivity index (χ1) is 29.3. The molecule has 8 aromatic carbocycles. The second kappa shape index (κ2) is 14.8. The van der Waals surface area contributed by atoms with Crippen molar-refractivity contribution in [3.05, 3.63) is 165 Å². The molecule has 0 aliphatic heterocycles. The van der Waals surface area contributed by atoms with Crippen molar-refractivity contribution in [2.45, 2.75) is 132 Å². The molecule has 316 valence electrons. The van der Waals surface area contributed by atoms with Gasteiger partial charge in [0.1, 0.15) is 0 Å². The predicted molar refractivity (Wildman–Crippen MR) is 271 cm³/mol. The van der Waals surface area contributed by atoms with Gasteiger partial charge in [-0.25, -0.2) is 0 Å². The highest BCUT2D eigenvalue weighted by Gasteiger charge is 2.34. The van der Waals surface area contributed by atoms with Gasteiger partial charge in [0.05, 0.1) is 22.7 Å². The average Bonchev–Trinajstić information content (AvgIpc) is 3.21. The van der Waals surface area contributed by atoms with Crippen molar-refractivity contribution in [3.63, 3.8) is 0 Å². The Labute approximate surface area is 371 Å². The number of rotatable bonds is 7. The Kier molecular flexibility index (Phi) is 9.93. The summed E-state index contributed by atoms with van der Waals surface area (Å²) in [5.41, 5.74) is 19.6. The second-order valence-corrected chi connectivity index (χ2v) is 21.6. The van der Waals surface area contributed by atoms with E-state index in [1.807, 2.05) is 0 Å². The Morgan fingerprint density at radius 3 is 1.40 bits per heavy atom. The second-order valence-electron chi connectivity index (χ2n) is 21.6. The van der Waals surface area contributed by atoms with Crippen molar-refractivity contribution in [3.8, 4) is 0 Å². The molecule has 0 saturated carbocycles. The van der Waals surface area contributed by atoms with Crippen molar-refractivity contribution < 1.29 is 0 Å². The van der Waals surface area contributed by atoms with E-state index in [0.717, 1.165) is 12.8 Å². The zero-order valence-electron chi connectivity index (χ0n) is 39.9. The van der Waals surface area contributed by atoms with Crippen LogP contribution in [0.15, 0.2) is 115 Å².